The van der Waals surface area contributed by atoms with Crippen molar-refractivity contribution in [1.29, 1.82) is 0 Å². The van der Waals surface area contributed by atoms with Gasteiger partial charge < -0.3 is 10.1 Å². The van der Waals surface area contributed by atoms with E-state index in [9.17, 15) is 23.9 Å². The number of pyridine rings is 2. The monoisotopic (exact) mass is 432 g/mol. The molecule has 9 heteroatoms. The summed E-state index contributed by atoms with van der Waals surface area (Å²) in [6.07, 6.45) is 1.88. The SMILES string of the molecule is NN(C(=O)c1ccccc1)C(=O)c1c(O)c2ncc(Cc3ccc(F)cc3)cc2[nH]c1=O. The molecule has 0 spiro atoms. The maximum atomic E-state index is 13.1. The summed E-state index contributed by atoms with van der Waals surface area (Å²) in [5.41, 5.74) is 0.212. The summed E-state index contributed by atoms with van der Waals surface area (Å²) in [6, 6.07) is 15.3. The standard InChI is InChI=1S/C23H17FN4O4/c24-16-8-6-13(7-9-16)10-14-11-17-19(26-12-14)20(29)18(21(30)27-17)23(32)28(25)22(31)15-4-2-1-3-5-15/h1-9,11-12H,10,25H2,(H2,27,29,30). The predicted molar refractivity (Wildman–Crippen MR) is 114 cm³/mol. The molecule has 0 aliphatic heterocycles. The number of hydrogen-bond acceptors (Lipinski definition) is 6. The number of imide groups is 1. The largest absolute Gasteiger partial charge is 0.505 e. The van der Waals surface area contributed by atoms with Gasteiger partial charge in [-0.2, -0.15) is 0 Å². The minimum atomic E-state index is -1.17. The van der Waals surface area contributed by atoms with Crippen molar-refractivity contribution in [3.05, 3.63) is 105 Å². The molecular weight excluding hydrogens is 415 g/mol. The Bertz CT molecular complexity index is 1390. The molecule has 0 bridgehead atoms. The number of halogens is 1. The van der Waals surface area contributed by atoms with Crippen LogP contribution in [0.2, 0.25) is 0 Å². The van der Waals surface area contributed by atoms with E-state index in [1.807, 2.05) is 0 Å². The highest BCUT2D eigenvalue weighted by molar-refractivity contribution is 6.11. The van der Waals surface area contributed by atoms with Crippen molar-refractivity contribution in [2.24, 2.45) is 5.84 Å². The van der Waals surface area contributed by atoms with Crippen LogP contribution < -0.4 is 11.4 Å². The summed E-state index contributed by atoms with van der Waals surface area (Å²) < 4.78 is 13.1. The van der Waals surface area contributed by atoms with Gasteiger partial charge in [-0.25, -0.2) is 15.2 Å². The lowest BCUT2D eigenvalue weighted by molar-refractivity contribution is 0.0613. The minimum absolute atomic E-state index is 0.0311. The Morgan fingerprint density at radius 3 is 2.41 bits per heavy atom. The van der Waals surface area contributed by atoms with Crippen LogP contribution in [-0.2, 0) is 6.42 Å². The number of amides is 2. The van der Waals surface area contributed by atoms with Crippen LogP contribution in [-0.4, -0.2) is 31.9 Å². The zero-order chi connectivity index (χ0) is 22.8. The number of aromatic amines is 1. The molecule has 0 fully saturated rings. The van der Waals surface area contributed by atoms with Gasteiger partial charge in [-0.3, -0.25) is 19.4 Å². The highest BCUT2D eigenvalue weighted by atomic mass is 19.1. The number of aromatic hydroxyl groups is 1. The van der Waals surface area contributed by atoms with Crippen molar-refractivity contribution >= 4 is 22.8 Å². The third-order valence-electron chi connectivity index (χ3n) is 4.87. The Kier molecular flexibility index (Phi) is 5.48. The first-order valence-electron chi connectivity index (χ1n) is 9.52. The molecule has 2 aromatic carbocycles. The van der Waals surface area contributed by atoms with Crippen LogP contribution in [0.5, 0.6) is 5.75 Å². The summed E-state index contributed by atoms with van der Waals surface area (Å²) >= 11 is 0. The molecule has 2 aromatic heterocycles. The molecular formula is C23H17FN4O4. The molecule has 0 atom stereocenters. The number of carbonyl (C=O) groups is 2. The Balaban J connectivity index is 1.67. The number of hydrazine groups is 1. The predicted octanol–water partition coefficient (Wildman–Crippen LogP) is 2.51. The quantitative estimate of drug-likeness (QED) is 0.197. The number of benzene rings is 2. The van der Waals surface area contributed by atoms with Crippen LogP contribution >= 0.6 is 0 Å². The second kappa shape index (κ2) is 8.40. The maximum absolute atomic E-state index is 13.1. The molecule has 0 aliphatic rings. The molecule has 0 saturated carbocycles. The summed E-state index contributed by atoms with van der Waals surface area (Å²) in [4.78, 5) is 44.4. The third kappa shape index (κ3) is 3.96. The smallest absolute Gasteiger partial charge is 0.284 e. The van der Waals surface area contributed by atoms with E-state index in [1.54, 1.807) is 36.4 Å². The van der Waals surface area contributed by atoms with Gasteiger partial charge in [0.1, 0.15) is 11.3 Å². The Labute approximate surface area is 180 Å². The fourth-order valence-electron chi connectivity index (χ4n) is 3.27. The van der Waals surface area contributed by atoms with Crippen LogP contribution in [0.25, 0.3) is 11.0 Å². The van der Waals surface area contributed by atoms with E-state index in [4.69, 9.17) is 5.84 Å². The highest BCUT2D eigenvalue weighted by Gasteiger charge is 2.28. The van der Waals surface area contributed by atoms with Crippen LogP contribution in [0.4, 0.5) is 4.39 Å². The summed E-state index contributed by atoms with van der Waals surface area (Å²) in [5, 5.41) is 10.8. The van der Waals surface area contributed by atoms with Gasteiger partial charge in [0, 0.05) is 11.8 Å². The number of H-pyrrole nitrogens is 1. The number of aromatic nitrogens is 2. The molecule has 32 heavy (non-hydrogen) atoms. The van der Waals surface area contributed by atoms with E-state index in [-0.39, 0.29) is 27.4 Å². The molecule has 160 valence electrons. The Morgan fingerprint density at radius 1 is 1.03 bits per heavy atom. The molecule has 4 rings (SSSR count). The van der Waals surface area contributed by atoms with Gasteiger partial charge in [0.05, 0.1) is 5.52 Å². The van der Waals surface area contributed by atoms with Crippen LogP contribution in [0.3, 0.4) is 0 Å². The van der Waals surface area contributed by atoms with Gasteiger partial charge in [0.2, 0.25) is 0 Å². The van der Waals surface area contributed by atoms with Crippen molar-refractivity contribution in [3.8, 4) is 5.75 Å². The van der Waals surface area contributed by atoms with Gasteiger partial charge in [-0.1, -0.05) is 30.3 Å². The van der Waals surface area contributed by atoms with E-state index in [1.165, 1.54) is 30.5 Å². The van der Waals surface area contributed by atoms with Gasteiger partial charge in [-0.05, 0) is 47.9 Å². The van der Waals surface area contributed by atoms with E-state index < -0.39 is 28.7 Å². The first-order valence-corrected chi connectivity index (χ1v) is 9.52. The molecule has 2 amide bonds. The van der Waals surface area contributed by atoms with Crippen molar-refractivity contribution in [2.75, 3.05) is 0 Å². The fourth-order valence-corrected chi connectivity index (χ4v) is 3.27. The molecule has 2 heterocycles. The lowest BCUT2D eigenvalue weighted by atomic mass is 10.1. The molecule has 0 radical (unpaired) electrons. The summed E-state index contributed by atoms with van der Waals surface area (Å²) in [6.45, 7) is 0. The minimum Gasteiger partial charge on any atom is -0.505 e. The first-order chi connectivity index (χ1) is 15.3. The molecule has 4 N–H and O–H groups in total. The molecule has 4 aromatic rings. The second-order valence-corrected chi connectivity index (χ2v) is 7.07. The zero-order valence-corrected chi connectivity index (χ0v) is 16.6. The van der Waals surface area contributed by atoms with Gasteiger partial charge >= 0.3 is 0 Å². The van der Waals surface area contributed by atoms with E-state index in [0.717, 1.165) is 5.56 Å². The van der Waals surface area contributed by atoms with Crippen LogP contribution in [0.1, 0.15) is 31.8 Å². The number of fused-ring (bicyclic) bond motifs is 1. The number of hydrogen-bond donors (Lipinski definition) is 3. The van der Waals surface area contributed by atoms with Crippen molar-refractivity contribution in [3.63, 3.8) is 0 Å². The number of nitrogens with one attached hydrogen (secondary N) is 1. The zero-order valence-electron chi connectivity index (χ0n) is 16.6. The van der Waals surface area contributed by atoms with E-state index in [2.05, 4.69) is 9.97 Å². The average molecular weight is 432 g/mol. The second-order valence-electron chi connectivity index (χ2n) is 7.07. The fraction of sp³-hybridized carbons (Fsp3) is 0.0435. The van der Waals surface area contributed by atoms with Gasteiger partial charge in [0.25, 0.3) is 17.4 Å². The Morgan fingerprint density at radius 2 is 1.72 bits per heavy atom. The number of rotatable bonds is 4. The lowest BCUT2D eigenvalue weighted by Gasteiger charge is -2.15. The van der Waals surface area contributed by atoms with Gasteiger partial charge in [0.15, 0.2) is 11.3 Å². The average Bonchev–Trinajstić information content (AvgIpc) is 2.80. The number of nitrogens with zero attached hydrogens (tertiary/aromatic N) is 2. The Hall–Kier alpha value is -4.37. The third-order valence-corrected chi connectivity index (χ3v) is 4.87. The number of nitrogens with two attached hydrogens (primary N) is 1. The molecule has 8 nitrogen and oxygen atoms in total. The van der Waals surface area contributed by atoms with Crippen LogP contribution in [0.15, 0.2) is 71.7 Å². The van der Waals surface area contributed by atoms with Crippen LogP contribution in [0, 0.1) is 5.82 Å². The molecule has 0 aliphatic carbocycles. The highest BCUT2D eigenvalue weighted by Crippen LogP contribution is 2.25. The topological polar surface area (TPSA) is 129 Å². The van der Waals surface area contributed by atoms with E-state index in [0.29, 0.717) is 12.0 Å². The van der Waals surface area contributed by atoms with Crippen molar-refractivity contribution in [2.45, 2.75) is 6.42 Å². The lowest BCUT2D eigenvalue weighted by Crippen LogP contribution is -2.44. The van der Waals surface area contributed by atoms with Crippen molar-refractivity contribution in [1.82, 2.24) is 15.0 Å². The van der Waals surface area contributed by atoms with Crippen molar-refractivity contribution < 1.29 is 19.1 Å². The summed E-state index contributed by atoms with van der Waals surface area (Å²) in [7, 11) is 0. The molecule has 0 unspecified atom stereocenters. The van der Waals surface area contributed by atoms with E-state index >= 15 is 0 Å². The summed E-state index contributed by atoms with van der Waals surface area (Å²) in [5.74, 6) is 2.61. The normalized spacial score (nSPS) is 10.8. The maximum Gasteiger partial charge on any atom is 0.284 e. The first kappa shape index (κ1) is 20.9. The van der Waals surface area contributed by atoms with Gasteiger partial charge in [-0.15, -0.1) is 0 Å². The number of carbonyl (C=O) groups excluding carboxylic acids is 2. The molecule has 0 saturated heterocycles.